The van der Waals surface area contributed by atoms with E-state index in [1.807, 2.05) is 0 Å². The number of hydrogen-bond acceptors (Lipinski definition) is 4. The molecule has 13 heteroatoms. The average Bonchev–Trinajstić information content (AvgIpc) is 2.81. The van der Waals surface area contributed by atoms with Crippen molar-refractivity contribution < 1.29 is 41.1 Å². The summed E-state index contributed by atoms with van der Waals surface area (Å²) in [6.07, 6.45) is -5.87. The quantitative estimate of drug-likeness (QED) is 0.509. The number of amides is 4. The Morgan fingerprint density at radius 1 is 1.09 bits per heavy atom. The zero-order chi connectivity index (χ0) is 24.4. The smallest absolute Gasteiger partial charge is 0.349 e. The number of nitrogens with zero attached hydrogens (tertiary/aromatic N) is 2. The average molecular weight is 464 g/mol. The van der Waals surface area contributed by atoms with Gasteiger partial charge in [-0.2, -0.15) is 22.0 Å². The number of carbonyl (C=O) groups is 4. The van der Waals surface area contributed by atoms with Gasteiger partial charge in [-0.15, -0.1) is 0 Å². The number of rotatable bonds is 5. The number of hydrogen-bond donors (Lipinski definition) is 2. The molecule has 0 bridgehead atoms. The van der Waals surface area contributed by atoms with Crippen LogP contribution in [0.4, 0.5) is 33.3 Å². The van der Waals surface area contributed by atoms with Crippen LogP contribution >= 0.6 is 0 Å². The second-order valence-electron chi connectivity index (χ2n) is 7.22. The highest BCUT2D eigenvalue weighted by Crippen LogP contribution is 2.35. The predicted octanol–water partition coefficient (Wildman–Crippen LogP) is 1.45. The number of halogens is 5. The maximum Gasteiger partial charge on any atom is 0.455 e. The molecule has 0 saturated heterocycles. The molecule has 1 heterocycles. The normalized spacial score (nSPS) is 17.9. The lowest BCUT2D eigenvalue weighted by molar-refractivity contribution is -0.278. The molecule has 176 valence electrons. The van der Waals surface area contributed by atoms with Crippen LogP contribution in [0.5, 0.6) is 0 Å². The molecule has 4 amide bonds. The van der Waals surface area contributed by atoms with Crippen molar-refractivity contribution >= 4 is 35.0 Å². The highest BCUT2D eigenvalue weighted by molar-refractivity contribution is 6.08. The van der Waals surface area contributed by atoms with Crippen LogP contribution < -0.4 is 20.4 Å². The molecule has 2 N–H and O–H groups in total. The second-order valence-corrected chi connectivity index (χ2v) is 7.22. The van der Waals surface area contributed by atoms with Crippen molar-refractivity contribution in [3.63, 3.8) is 0 Å². The van der Waals surface area contributed by atoms with Gasteiger partial charge in [0.2, 0.25) is 17.7 Å². The van der Waals surface area contributed by atoms with Crippen molar-refractivity contribution in [3.05, 3.63) is 24.3 Å². The highest BCUT2D eigenvalue weighted by atomic mass is 19.4. The Balaban J connectivity index is 2.14. The van der Waals surface area contributed by atoms with Crippen LogP contribution in [0, 0.1) is 5.92 Å². The van der Waals surface area contributed by atoms with Gasteiger partial charge in [-0.1, -0.05) is 12.1 Å². The summed E-state index contributed by atoms with van der Waals surface area (Å²) >= 11 is 0. The van der Waals surface area contributed by atoms with E-state index in [1.54, 1.807) is 24.3 Å². The number of nitrogens with one attached hydrogen (secondary N) is 2. The Hall–Kier alpha value is -3.25. The molecular weight excluding hydrogens is 443 g/mol. The first-order chi connectivity index (χ1) is 14.7. The molecule has 8 nitrogen and oxygen atoms in total. The van der Waals surface area contributed by atoms with E-state index in [0.717, 1.165) is 6.92 Å². The van der Waals surface area contributed by atoms with Crippen molar-refractivity contribution in [2.45, 2.75) is 32.0 Å². The summed E-state index contributed by atoms with van der Waals surface area (Å²) in [5.41, 5.74) is 0.803. The lowest BCUT2D eigenvalue weighted by Gasteiger charge is -2.25. The van der Waals surface area contributed by atoms with Crippen LogP contribution in [0.2, 0.25) is 0 Å². The topological polar surface area (TPSA) is 98.8 Å². The monoisotopic (exact) mass is 464 g/mol. The zero-order valence-electron chi connectivity index (χ0n) is 17.3. The molecule has 0 aromatic heterocycles. The second kappa shape index (κ2) is 9.09. The van der Waals surface area contributed by atoms with Crippen LogP contribution in [0.25, 0.3) is 0 Å². The van der Waals surface area contributed by atoms with Gasteiger partial charge in [-0.05, 0) is 19.1 Å². The molecule has 2 atom stereocenters. The first-order valence-electron chi connectivity index (χ1n) is 9.34. The molecule has 1 aromatic rings. The van der Waals surface area contributed by atoms with E-state index in [4.69, 9.17) is 0 Å². The third kappa shape index (κ3) is 5.14. The fourth-order valence-corrected chi connectivity index (χ4v) is 2.96. The fraction of sp³-hybridized carbons (Fsp3) is 0.474. The summed E-state index contributed by atoms with van der Waals surface area (Å²) < 4.78 is 62.7. The number of alkyl halides is 5. The molecule has 0 spiro atoms. The van der Waals surface area contributed by atoms with Crippen LogP contribution in [-0.4, -0.2) is 61.9 Å². The Labute approximate surface area is 179 Å². The van der Waals surface area contributed by atoms with Crippen molar-refractivity contribution in [2.24, 2.45) is 5.92 Å². The first kappa shape index (κ1) is 25.0. The van der Waals surface area contributed by atoms with Gasteiger partial charge in [0.15, 0.2) is 0 Å². The lowest BCUT2D eigenvalue weighted by Crippen LogP contribution is -2.55. The lowest BCUT2D eigenvalue weighted by atomic mass is 10.1. The van der Waals surface area contributed by atoms with Gasteiger partial charge in [-0.25, -0.2) is 0 Å². The summed E-state index contributed by atoms with van der Waals surface area (Å²) in [4.78, 5) is 51.8. The Kier molecular flexibility index (Phi) is 7.10. The van der Waals surface area contributed by atoms with Gasteiger partial charge in [0.25, 0.3) is 5.91 Å². The standard InChI is InChI=1S/C19H21F5N4O4/c1-10(15(30)25-9-18(20,21)19(22,23)24)16(31)26-12-8-28(11(2)29)14-7-5-4-6-13(14)27(3)17(12)32/h4-7,10,12H,8-9H2,1-3H3,(H,25,30)(H,26,31)/t10?,12-/m0/s1. The Morgan fingerprint density at radius 3 is 2.19 bits per heavy atom. The molecule has 2 rings (SSSR count). The molecule has 0 fully saturated rings. The molecule has 0 aliphatic carbocycles. The maximum atomic E-state index is 13.0. The maximum absolute atomic E-state index is 13.0. The van der Waals surface area contributed by atoms with Gasteiger partial charge in [-0.3, -0.25) is 19.2 Å². The summed E-state index contributed by atoms with van der Waals surface area (Å²) in [6, 6.07) is 5.18. The van der Waals surface area contributed by atoms with Crippen molar-refractivity contribution in [1.82, 2.24) is 10.6 Å². The summed E-state index contributed by atoms with van der Waals surface area (Å²) in [6.45, 7) is -0.0750. The molecule has 1 aliphatic heterocycles. The third-order valence-corrected chi connectivity index (χ3v) is 4.91. The van der Waals surface area contributed by atoms with Crippen LogP contribution in [0.3, 0.4) is 0 Å². The van der Waals surface area contributed by atoms with E-state index in [2.05, 4.69) is 5.32 Å². The van der Waals surface area contributed by atoms with Crippen LogP contribution in [-0.2, 0) is 19.2 Å². The third-order valence-electron chi connectivity index (χ3n) is 4.91. The van der Waals surface area contributed by atoms with E-state index in [0.29, 0.717) is 11.4 Å². The van der Waals surface area contributed by atoms with Gasteiger partial charge in [0.05, 0.1) is 24.5 Å². The van der Waals surface area contributed by atoms with Gasteiger partial charge < -0.3 is 20.4 Å². The minimum absolute atomic E-state index is 0.276. The molecule has 0 radical (unpaired) electrons. The molecule has 32 heavy (non-hydrogen) atoms. The van der Waals surface area contributed by atoms with Crippen molar-refractivity contribution in [1.29, 1.82) is 0 Å². The number of benzene rings is 1. The highest BCUT2D eigenvalue weighted by Gasteiger charge is 2.57. The van der Waals surface area contributed by atoms with Crippen LogP contribution in [0.1, 0.15) is 13.8 Å². The Morgan fingerprint density at radius 2 is 1.66 bits per heavy atom. The van der Waals surface area contributed by atoms with E-state index >= 15 is 0 Å². The number of para-hydroxylation sites is 2. The number of likely N-dealkylation sites (N-methyl/N-ethyl adjacent to an activating group) is 1. The van der Waals surface area contributed by atoms with Crippen LogP contribution in [0.15, 0.2) is 24.3 Å². The van der Waals surface area contributed by atoms with E-state index in [9.17, 15) is 41.1 Å². The minimum Gasteiger partial charge on any atom is -0.349 e. The molecule has 1 aromatic carbocycles. The largest absolute Gasteiger partial charge is 0.455 e. The van der Waals surface area contributed by atoms with Gasteiger partial charge in [0.1, 0.15) is 12.0 Å². The molecule has 1 aliphatic rings. The summed E-state index contributed by atoms with van der Waals surface area (Å²) in [7, 11) is 1.42. The minimum atomic E-state index is -5.87. The SMILES string of the molecule is CC(=O)N1C[C@H](NC(=O)C(C)C(=O)NCC(F)(F)C(F)(F)F)C(=O)N(C)c2ccccc21. The number of fused-ring (bicyclic) bond motifs is 1. The summed E-state index contributed by atoms with van der Waals surface area (Å²) in [5.74, 6) is -10.4. The number of anilines is 2. The van der Waals surface area contributed by atoms with Gasteiger partial charge in [0, 0.05) is 14.0 Å². The first-order valence-corrected chi connectivity index (χ1v) is 9.34. The molecule has 1 unspecified atom stereocenters. The molecular formula is C19H21F5N4O4. The molecule has 0 saturated carbocycles. The Bertz CT molecular complexity index is 921. The van der Waals surface area contributed by atoms with E-state index in [-0.39, 0.29) is 6.54 Å². The predicted molar refractivity (Wildman–Crippen MR) is 103 cm³/mol. The van der Waals surface area contributed by atoms with E-state index < -0.39 is 54.2 Å². The summed E-state index contributed by atoms with van der Waals surface area (Å²) in [5, 5.41) is 3.66. The van der Waals surface area contributed by atoms with Crippen molar-refractivity contribution in [2.75, 3.05) is 29.9 Å². The van der Waals surface area contributed by atoms with E-state index in [1.165, 1.54) is 29.1 Å². The zero-order valence-corrected chi connectivity index (χ0v) is 17.3. The van der Waals surface area contributed by atoms with Gasteiger partial charge >= 0.3 is 12.1 Å². The fourth-order valence-electron chi connectivity index (χ4n) is 2.96. The number of carbonyl (C=O) groups excluding carboxylic acids is 4. The van der Waals surface area contributed by atoms with Crippen molar-refractivity contribution in [3.8, 4) is 0 Å².